The highest BCUT2D eigenvalue weighted by molar-refractivity contribution is 5.88. The Kier molecular flexibility index (Phi) is 3.84. The molecule has 26 heavy (non-hydrogen) atoms. The predicted molar refractivity (Wildman–Crippen MR) is 103 cm³/mol. The fourth-order valence-electron chi connectivity index (χ4n) is 3.11. The van der Waals surface area contributed by atoms with Crippen LogP contribution in [0.3, 0.4) is 0 Å². The molecule has 5 heteroatoms. The topological polar surface area (TPSA) is 72.5 Å². The van der Waals surface area contributed by atoms with Gasteiger partial charge in [0.1, 0.15) is 11.2 Å². The molecule has 0 spiro atoms. The van der Waals surface area contributed by atoms with Gasteiger partial charge in [0.05, 0.1) is 5.56 Å². The van der Waals surface area contributed by atoms with Crippen molar-refractivity contribution in [1.29, 1.82) is 0 Å². The molecule has 4 aromatic rings. The van der Waals surface area contributed by atoms with E-state index < -0.39 is 5.63 Å². The quantitative estimate of drug-likeness (QED) is 0.559. The Morgan fingerprint density at radius 1 is 0.923 bits per heavy atom. The summed E-state index contributed by atoms with van der Waals surface area (Å²) in [4.78, 5) is 24.0. The lowest BCUT2D eigenvalue weighted by molar-refractivity contribution is 0.559. The molecule has 0 radical (unpaired) electrons. The Balaban J connectivity index is 1.89. The Labute approximate surface area is 148 Å². The largest absolute Gasteiger partial charge is 0.423 e. The van der Waals surface area contributed by atoms with Gasteiger partial charge in [-0.2, -0.15) is 0 Å². The fraction of sp³-hybridized carbons (Fsp3) is 0.143. The van der Waals surface area contributed by atoms with Crippen molar-refractivity contribution in [2.75, 3.05) is 11.9 Å². The summed E-state index contributed by atoms with van der Waals surface area (Å²) in [7, 11) is 0. The maximum absolute atomic E-state index is 12.5. The van der Waals surface area contributed by atoms with E-state index in [4.69, 9.17) is 8.83 Å². The zero-order valence-corrected chi connectivity index (χ0v) is 14.5. The normalized spacial score (nSPS) is 11.2. The van der Waals surface area contributed by atoms with Crippen LogP contribution in [0.5, 0.6) is 0 Å². The molecule has 0 amide bonds. The third-order valence-corrected chi connectivity index (χ3v) is 4.38. The minimum absolute atomic E-state index is 0.385. The molecule has 0 aliphatic rings. The molecule has 0 saturated carbocycles. The lowest BCUT2D eigenvalue weighted by atomic mass is 10.0. The maximum atomic E-state index is 12.5. The molecule has 4 rings (SSSR count). The van der Waals surface area contributed by atoms with Gasteiger partial charge in [0.25, 0.3) is 0 Å². The molecule has 5 nitrogen and oxygen atoms in total. The number of anilines is 1. The zero-order valence-electron chi connectivity index (χ0n) is 14.5. The summed E-state index contributed by atoms with van der Waals surface area (Å²) < 4.78 is 10.7. The summed E-state index contributed by atoms with van der Waals surface area (Å²) >= 11 is 0. The zero-order chi connectivity index (χ0) is 18.3. The van der Waals surface area contributed by atoms with E-state index >= 15 is 0 Å². The molecule has 2 heterocycles. The van der Waals surface area contributed by atoms with E-state index in [2.05, 4.69) is 5.32 Å². The summed E-state index contributed by atoms with van der Waals surface area (Å²) in [6.07, 6.45) is 0. The molecule has 1 N–H and O–H groups in total. The smallest absolute Gasteiger partial charge is 0.344 e. The van der Waals surface area contributed by atoms with Gasteiger partial charge >= 0.3 is 11.3 Å². The molecule has 0 aliphatic heterocycles. The lowest BCUT2D eigenvalue weighted by Crippen LogP contribution is -2.04. The van der Waals surface area contributed by atoms with Crippen LogP contribution in [-0.4, -0.2) is 6.54 Å². The Morgan fingerprint density at radius 3 is 2.58 bits per heavy atom. The molecule has 0 unspecified atom stereocenters. The third kappa shape index (κ3) is 2.77. The van der Waals surface area contributed by atoms with Gasteiger partial charge in [-0.05, 0) is 55.3 Å². The van der Waals surface area contributed by atoms with Gasteiger partial charge in [0.2, 0.25) is 0 Å². The number of aryl methyl sites for hydroxylation is 1. The molecular weight excluding hydrogens is 330 g/mol. The predicted octanol–water partition coefficient (Wildman–Crippen LogP) is 4.31. The van der Waals surface area contributed by atoms with E-state index in [1.54, 1.807) is 12.1 Å². The van der Waals surface area contributed by atoms with Crippen LogP contribution in [-0.2, 0) is 0 Å². The van der Waals surface area contributed by atoms with Crippen LogP contribution in [0, 0.1) is 6.92 Å². The summed E-state index contributed by atoms with van der Waals surface area (Å²) in [5.41, 5.74) is 3.16. The van der Waals surface area contributed by atoms with Crippen molar-refractivity contribution in [3.8, 4) is 11.1 Å². The molecule has 0 fully saturated rings. The average molecular weight is 347 g/mol. The second kappa shape index (κ2) is 6.19. The van der Waals surface area contributed by atoms with Gasteiger partial charge in [-0.25, -0.2) is 9.59 Å². The van der Waals surface area contributed by atoms with Crippen LogP contribution in [0.1, 0.15) is 12.5 Å². The standard InChI is InChI=1S/C21H17NO4/c1-3-22-15-6-4-14-10-17(21(24)26-19(14)11-15)13-5-7-18-16(9-13)12(2)8-20(23)25-18/h4-11,22H,3H2,1-2H3. The number of hydrogen-bond donors (Lipinski definition) is 1. The van der Waals surface area contributed by atoms with E-state index in [1.165, 1.54) is 6.07 Å². The van der Waals surface area contributed by atoms with E-state index in [-0.39, 0.29) is 5.63 Å². The van der Waals surface area contributed by atoms with E-state index in [0.29, 0.717) is 16.7 Å². The van der Waals surface area contributed by atoms with Gasteiger partial charge in [-0.3, -0.25) is 0 Å². The number of rotatable bonds is 3. The van der Waals surface area contributed by atoms with Crippen molar-refractivity contribution in [3.05, 3.63) is 74.9 Å². The van der Waals surface area contributed by atoms with Crippen LogP contribution in [0.15, 0.2) is 67.0 Å². The Bertz CT molecular complexity index is 1250. The van der Waals surface area contributed by atoms with Gasteiger partial charge in [0.15, 0.2) is 0 Å². The summed E-state index contributed by atoms with van der Waals surface area (Å²) in [5, 5.41) is 4.84. The molecule has 2 aromatic carbocycles. The van der Waals surface area contributed by atoms with Gasteiger partial charge in [-0.1, -0.05) is 6.07 Å². The first-order valence-electron chi connectivity index (χ1n) is 8.42. The van der Waals surface area contributed by atoms with Crippen molar-refractivity contribution in [2.45, 2.75) is 13.8 Å². The second-order valence-electron chi connectivity index (χ2n) is 6.19. The highest BCUT2D eigenvalue weighted by Crippen LogP contribution is 2.27. The minimum Gasteiger partial charge on any atom is -0.423 e. The van der Waals surface area contributed by atoms with E-state index in [1.807, 2.05) is 44.2 Å². The number of hydrogen-bond acceptors (Lipinski definition) is 5. The van der Waals surface area contributed by atoms with Crippen molar-refractivity contribution in [2.24, 2.45) is 0 Å². The minimum atomic E-state index is -0.402. The summed E-state index contributed by atoms with van der Waals surface area (Å²) in [6.45, 7) is 4.64. The van der Waals surface area contributed by atoms with Gasteiger partial charge in [-0.15, -0.1) is 0 Å². The van der Waals surface area contributed by atoms with Crippen molar-refractivity contribution >= 4 is 27.6 Å². The van der Waals surface area contributed by atoms with Crippen LogP contribution in [0.4, 0.5) is 5.69 Å². The first-order valence-corrected chi connectivity index (χ1v) is 8.42. The van der Waals surface area contributed by atoms with Crippen LogP contribution >= 0.6 is 0 Å². The number of nitrogens with one attached hydrogen (secondary N) is 1. The van der Waals surface area contributed by atoms with E-state index in [9.17, 15) is 9.59 Å². The van der Waals surface area contributed by atoms with Crippen molar-refractivity contribution < 1.29 is 8.83 Å². The van der Waals surface area contributed by atoms with Gasteiger partial charge < -0.3 is 14.2 Å². The summed E-state index contributed by atoms with van der Waals surface area (Å²) in [6, 6.07) is 14.3. The average Bonchev–Trinajstić information content (AvgIpc) is 2.61. The molecular formula is C21H17NO4. The number of fused-ring (bicyclic) bond motifs is 2. The van der Waals surface area contributed by atoms with Crippen LogP contribution in [0.2, 0.25) is 0 Å². The van der Waals surface area contributed by atoms with Gasteiger partial charge in [0, 0.05) is 35.1 Å². The van der Waals surface area contributed by atoms with Crippen LogP contribution in [0.25, 0.3) is 33.1 Å². The molecule has 0 bridgehead atoms. The van der Waals surface area contributed by atoms with Crippen LogP contribution < -0.4 is 16.6 Å². The fourth-order valence-corrected chi connectivity index (χ4v) is 3.11. The van der Waals surface area contributed by atoms with Crippen molar-refractivity contribution in [1.82, 2.24) is 0 Å². The third-order valence-electron chi connectivity index (χ3n) is 4.38. The first-order chi connectivity index (χ1) is 12.5. The molecule has 130 valence electrons. The molecule has 0 atom stereocenters. The second-order valence-corrected chi connectivity index (χ2v) is 6.19. The van der Waals surface area contributed by atoms with Crippen molar-refractivity contribution in [3.63, 3.8) is 0 Å². The Hall–Kier alpha value is -3.34. The molecule has 0 saturated heterocycles. The molecule has 2 aromatic heterocycles. The van der Waals surface area contributed by atoms with E-state index in [0.717, 1.165) is 34.1 Å². The Morgan fingerprint density at radius 2 is 1.77 bits per heavy atom. The maximum Gasteiger partial charge on any atom is 0.344 e. The highest BCUT2D eigenvalue weighted by Gasteiger charge is 2.11. The lowest BCUT2D eigenvalue weighted by Gasteiger charge is -2.07. The SMILES string of the molecule is CCNc1ccc2cc(-c3ccc4oc(=O)cc(C)c4c3)c(=O)oc2c1. The summed E-state index contributed by atoms with van der Waals surface area (Å²) in [5.74, 6) is 0. The first kappa shape index (κ1) is 16.1. The molecule has 0 aliphatic carbocycles. The number of benzene rings is 2. The monoisotopic (exact) mass is 347 g/mol. The highest BCUT2D eigenvalue weighted by atomic mass is 16.4.